The zero-order chi connectivity index (χ0) is 13.5. The average Bonchev–Trinajstić information content (AvgIpc) is 2.82. The van der Waals surface area contributed by atoms with Crippen molar-refractivity contribution in [2.45, 2.75) is 6.42 Å². The van der Waals surface area contributed by atoms with E-state index in [0.29, 0.717) is 13.1 Å². The Morgan fingerprint density at radius 3 is 2.50 bits per heavy atom. The molecule has 1 fully saturated rings. The molecule has 0 saturated carbocycles. The van der Waals surface area contributed by atoms with Crippen molar-refractivity contribution in [2.75, 3.05) is 32.8 Å². The molecular formula is C10H17N3O5. The Bertz CT molecular complexity index is 333. The zero-order valence-corrected chi connectivity index (χ0v) is 9.89. The average molecular weight is 259 g/mol. The first kappa shape index (κ1) is 14.2. The van der Waals surface area contributed by atoms with E-state index in [0.717, 1.165) is 6.42 Å². The number of carboxylic acids is 1. The summed E-state index contributed by atoms with van der Waals surface area (Å²) < 4.78 is 0. The second kappa shape index (κ2) is 6.80. The molecule has 4 N–H and O–H groups in total. The summed E-state index contributed by atoms with van der Waals surface area (Å²) >= 11 is 0. The third-order valence-corrected chi connectivity index (χ3v) is 2.67. The van der Waals surface area contributed by atoms with Gasteiger partial charge in [-0.2, -0.15) is 0 Å². The lowest BCUT2D eigenvalue weighted by molar-refractivity contribution is -0.137. The molecule has 102 valence electrons. The highest BCUT2D eigenvalue weighted by Gasteiger charge is 2.25. The van der Waals surface area contributed by atoms with E-state index in [-0.39, 0.29) is 25.1 Å². The van der Waals surface area contributed by atoms with Gasteiger partial charge in [0.25, 0.3) is 0 Å². The number of likely N-dealkylation sites (tertiary alicyclic amines) is 1. The van der Waals surface area contributed by atoms with Crippen LogP contribution in [0.2, 0.25) is 0 Å². The van der Waals surface area contributed by atoms with Crippen molar-refractivity contribution in [3.05, 3.63) is 0 Å². The van der Waals surface area contributed by atoms with E-state index < -0.39 is 18.4 Å². The minimum absolute atomic E-state index is 0.0445. The SMILES string of the molecule is O=C(O)CNC(=O)CNC(=O)N1CCC(CO)C1. The molecule has 1 saturated heterocycles. The predicted octanol–water partition coefficient (Wildman–Crippen LogP) is -1.79. The molecule has 0 aliphatic carbocycles. The zero-order valence-electron chi connectivity index (χ0n) is 9.89. The van der Waals surface area contributed by atoms with Crippen LogP contribution in [0.1, 0.15) is 6.42 Å². The van der Waals surface area contributed by atoms with Gasteiger partial charge < -0.3 is 25.7 Å². The topological polar surface area (TPSA) is 119 Å². The Kier molecular flexibility index (Phi) is 5.37. The second-order valence-corrected chi connectivity index (χ2v) is 4.11. The maximum atomic E-state index is 11.6. The number of aliphatic hydroxyl groups excluding tert-OH is 1. The third-order valence-electron chi connectivity index (χ3n) is 2.67. The monoisotopic (exact) mass is 259 g/mol. The summed E-state index contributed by atoms with van der Waals surface area (Å²) in [7, 11) is 0. The molecule has 18 heavy (non-hydrogen) atoms. The molecule has 1 aliphatic rings. The fourth-order valence-corrected chi connectivity index (χ4v) is 1.67. The van der Waals surface area contributed by atoms with Gasteiger partial charge >= 0.3 is 12.0 Å². The number of hydrogen-bond donors (Lipinski definition) is 4. The summed E-state index contributed by atoms with van der Waals surface area (Å²) in [5, 5.41) is 21.8. The van der Waals surface area contributed by atoms with Crippen LogP contribution in [0.4, 0.5) is 4.79 Å². The largest absolute Gasteiger partial charge is 0.480 e. The summed E-state index contributed by atoms with van der Waals surface area (Å²) in [6, 6.07) is -0.378. The number of rotatable bonds is 5. The van der Waals surface area contributed by atoms with E-state index in [1.54, 1.807) is 0 Å². The van der Waals surface area contributed by atoms with E-state index in [1.165, 1.54) is 4.90 Å². The molecular weight excluding hydrogens is 242 g/mol. The Morgan fingerprint density at radius 1 is 1.22 bits per heavy atom. The number of urea groups is 1. The molecule has 0 aromatic carbocycles. The van der Waals surface area contributed by atoms with Gasteiger partial charge in [0, 0.05) is 25.6 Å². The van der Waals surface area contributed by atoms with E-state index in [1.807, 2.05) is 0 Å². The number of nitrogens with zero attached hydrogens (tertiary/aromatic N) is 1. The van der Waals surface area contributed by atoms with Crippen LogP contribution in [0.25, 0.3) is 0 Å². The minimum atomic E-state index is -1.14. The van der Waals surface area contributed by atoms with Gasteiger partial charge in [-0.1, -0.05) is 0 Å². The maximum absolute atomic E-state index is 11.6. The molecule has 8 heteroatoms. The van der Waals surface area contributed by atoms with Crippen molar-refractivity contribution in [1.29, 1.82) is 0 Å². The summed E-state index contributed by atoms with van der Waals surface area (Å²) in [6.07, 6.45) is 0.745. The van der Waals surface area contributed by atoms with Crippen LogP contribution in [0, 0.1) is 5.92 Å². The highest BCUT2D eigenvalue weighted by molar-refractivity contribution is 5.86. The van der Waals surface area contributed by atoms with Gasteiger partial charge in [0.2, 0.25) is 5.91 Å². The van der Waals surface area contributed by atoms with Crippen molar-refractivity contribution < 1.29 is 24.6 Å². The van der Waals surface area contributed by atoms with Crippen molar-refractivity contribution in [1.82, 2.24) is 15.5 Å². The minimum Gasteiger partial charge on any atom is -0.480 e. The Morgan fingerprint density at radius 2 is 1.94 bits per heavy atom. The van der Waals surface area contributed by atoms with E-state index in [4.69, 9.17) is 10.2 Å². The maximum Gasteiger partial charge on any atom is 0.322 e. The van der Waals surface area contributed by atoms with E-state index >= 15 is 0 Å². The van der Waals surface area contributed by atoms with Gasteiger partial charge in [0.05, 0.1) is 6.54 Å². The fraction of sp³-hybridized carbons (Fsp3) is 0.700. The molecule has 3 amide bonds. The quantitative estimate of drug-likeness (QED) is 0.465. The van der Waals surface area contributed by atoms with Crippen molar-refractivity contribution in [3.8, 4) is 0 Å². The van der Waals surface area contributed by atoms with E-state index in [9.17, 15) is 14.4 Å². The molecule has 0 aromatic heterocycles. The molecule has 1 heterocycles. The standard InChI is InChI=1S/C10H17N3O5/c14-6-7-1-2-13(5-7)10(18)12-3-8(15)11-4-9(16)17/h7,14H,1-6H2,(H,11,15)(H,12,18)(H,16,17). The smallest absolute Gasteiger partial charge is 0.322 e. The fourth-order valence-electron chi connectivity index (χ4n) is 1.67. The lowest BCUT2D eigenvalue weighted by atomic mass is 10.1. The molecule has 1 atom stereocenters. The van der Waals surface area contributed by atoms with Crippen molar-refractivity contribution >= 4 is 17.9 Å². The molecule has 1 unspecified atom stereocenters. The van der Waals surface area contributed by atoms with Crippen LogP contribution in [-0.2, 0) is 9.59 Å². The third kappa shape index (κ3) is 4.58. The first-order valence-corrected chi connectivity index (χ1v) is 5.65. The summed E-state index contributed by atoms with van der Waals surface area (Å²) in [4.78, 5) is 34.4. The van der Waals surface area contributed by atoms with Gasteiger partial charge in [0.1, 0.15) is 6.54 Å². The summed E-state index contributed by atoms with van der Waals surface area (Å²) in [5.41, 5.74) is 0. The van der Waals surface area contributed by atoms with Crippen molar-refractivity contribution in [3.63, 3.8) is 0 Å². The molecule has 0 radical (unpaired) electrons. The number of carboxylic acid groups (broad SMARTS) is 1. The number of nitrogens with one attached hydrogen (secondary N) is 2. The van der Waals surface area contributed by atoms with Crippen LogP contribution in [0.15, 0.2) is 0 Å². The number of carbonyl (C=O) groups excluding carboxylic acids is 2. The van der Waals surface area contributed by atoms with Crippen LogP contribution in [0.5, 0.6) is 0 Å². The van der Waals surface area contributed by atoms with Gasteiger partial charge in [-0.15, -0.1) is 0 Å². The Labute approximate surface area is 104 Å². The predicted molar refractivity (Wildman–Crippen MR) is 60.8 cm³/mol. The van der Waals surface area contributed by atoms with E-state index in [2.05, 4.69) is 10.6 Å². The highest BCUT2D eigenvalue weighted by atomic mass is 16.4. The van der Waals surface area contributed by atoms with Crippen molar-refractivity contribution in [2.24, 2.45) is 5.92 Å². The van der Waals surface area contributed by atoms with Crippen LogP contribution < -0.4 is 10.6 Å². The lowest BCUT2D eigenvalue weighted by Crippen LogP contribution is -2.44. The van der Waals surface area contributed by atoms with Crippen LogP contribution >= 0.6 is 0 Å². The number of aliphatic carboxylic acids is 1. The molecule has 0 spiro atoms. The van der Waals surface area contributed by atoms with Crippen LogP contribution in [0.3, 0.4) is 0 Å². The Balaban J connectivity index is 2.21. The van der Waals surface area contributed by atoms with Gasteiger partial charge in [-0.25, -0.2) is 4.79 Å². The summed E-state index contributed by atoms with van der Waals surface area (Å²) in [6.45, 7) is 0.340. The molecule has 0 bridgehead atoms. The van der Waals surface area contributed by atoms with Gasteiger partial charge in [-0.3, -0.25) is 9.59 Å². The summed E-state index contributed by atoms with van der Waals surface area (Å²) in [5.74, 6) is -1.60. The first-order chi connectivity index (χ1) is 8.52. The number of carbonyl (C=O) groups is 3. The number of amides is 3. The van der Waals surface area contributed by atoms with Crippen LogP contribution in [-0.4, -0.2) is 65.8 Å². The van der Waals surface area contributed by atoms with Gasteiger partial charge in [0.15, 0.2) is 0 Å². The number of aliphatic hydroxyl groups is 1. The normalized spacial score (nSPS) is 18.5. The second-order valence-electron chi connectivity index (χ2n) is 4.11. The van der Waals surface area contributed by atoms with Gasteiger partial charge in [-0.05, 0) is 6.42 Å². The lowest BCUT2D eigenvalue weighted by Gasteiger charge is -2.16. The Hall–Kier alpha value is -1.83. The molecule has 1 aliphatic heterocycles. The number of hydrogen-bond acceptors (Lipinski definition) is 4. The highest BCUT2D eigenvalue weighted by Crippen LogP contribution is 2.14. The molecule has 1 rings (SSSR count). The molecule has 0 aromatic rings. The molecule has 8 nitrogen and oxygen atoms in total. The first-order valence-electron chi connectivity index (χ1n) is 5.65.